The minimum atomic E-state index is 0.861. The molecule has 0 bridgehead atoms. The number of hydrogen-bond donors (Lipinski definition) is 0. The Labute approximate surface area is 147 Å². The Bertz CT molecular complexity index is 1040. The maximum atomic E-state index is 5.69. The highest BCUT2D eigenvalue weighted by atomic mass is 16.5. The third kappa shape index (κ3) is 2.76. The lowest BCUT2D eigenvalue weighted by Gasteiger charge is -2.16. The molecule has 0 fully saturated rings. The summed E-state index contributed by atoms with van der Waals surface area (Å²) in [5.41, 5.74) is 6.86. The van der Waals surface area contributed by atoms with Crippen LogP contribution in [0, 0.1) is 6.92 Å². The monoisotopic (exact) mass is 325 g/mol. The van der Waals surface area contributed by atoms with Crippen molar-refractivity contribution in [2.45, 2.75) is 6.92 Å². The smallest absolute Gasteiger partial charge is 0.127 e. The van der Waals surface area contributed by atoms with Crippen LogP contribution in [0.3, 0.4) is 0 Å². The molecule has 0 saturated heterocycles. The Kier molecular flexibility index (Phi) is 3.95. The predicted octanol–water partition coefficient (Wildman–Crippen LogP) is 5.89. The van der Waals surface area contributed by atoms with Gasteiger partial charge >= 0.3 is 0 Å². The van der Waals surface area contributed by atoms with Crippen molar-refractivity contribution in [3.63, 3.8) is 0 Å². The van der Waals surface area contributed by atoms with Crippen LogP contribution in [0.1, 0.15) is 5.56 Å². The minimum Gasteiger partial charge on any atom is -0.496 e. The zero-order valence-corrected chi connectivity index (χ0v) is 14.4. The van der Waals surface area contributed by atoms with Crippen molar-refractivity contribution in [2.24, 2.45) is 0 Å². The highest BCUT2D eigenvalue weighted by molar-refractivity contribution is 6.01. The Morgan fingerprint density at radius 2 is 1.52 bits per heavy atom. The number of methoxy groups -OCH3 is 1. The fourth-order valence-corrected chi connectivity index (χ4v) is 3.27. The van der Waals surface area contributed by atoms with Gasteiger partial charge in [0.2, 0.25) is 0 Å². The standard InChI is InChI=1S/C23H19NO/c1-16-9-11-17(12-10-16)18-6-3-4-7-19(18)23-20-8-5-15-24-21(20)13-14-22(23)25-2/h3-15H,1-2H3. The van der Waals surface area contributed by atoms with Crippen LogP contribution in [0.15, 0.2) is 79.0 Å². The topological polar surface area (TPSA) is 22.1 Å². The summed E-state index contributed by atoms with van der Waals surface area (Å²) in [6, 6.07) is 25.2. The number of aryl methyl sites for hydroxylation is 1. The molecule has 1 heterocycles. The van der Waals surface area contributed by atoms with Crippen LogP contribution < -0.4 is 4.74 Å². The summed E-state index contributed by atoms with van der Waals surface area (Å²) in [5.74, 6) is 0.861. The summed E-state index contributed by atoms with van der Waals surface area (Å²) in [6.07, 6.45) is 1.82. The molecule has 0 N–H and O–H groups in total. The molecular weight excluding hydrogens is 306 g/mol. The van der Waals surface area contributed by atoms with Crippen molar-refractivity contribution in [3.8, 4) is 28.0 Å². The van der Waals surface area contributed by atoms with Gasteiger partial charge in [0.1, 0.15) is 5.75 Å². The third-order valence-corrected chi connectivity index (χ3v) is 4.53. The van der Waals surface area contributed by atoms with Crippen molar-refractivity contribution in [1.82, 2.24) is 4.98 Å². The first-order chi connectivity index (χ1) is 12.3. The molecule has 0 atom stereocenters. The number of benzene rings is 3. The molecule has 4 aromatic rings. The quantitative estimate of drug-likeness (QED) is 0.469. The molecule has 0 unspecified atom stereocenters. The first-order valence-corrected chi connectivity index (χ1v) is 8.36. The molecule has 0 spiro atoms. The summed E-state index contributed by atoms with van der Waals surface area (Å²) < 4.78 is 5.69. The van der Waals surface area contributed by atoms with Crippen LogP contribution in [0.4, 0.5) is 0 Å². The molecule has 3 aromatic carbocycles. The molecule has 0 amide bonds. The molecule has 1 aromatic heterocycles. The predicted molar refractivity (Wildman–Crippen MR) is 104 cm³/mol. The fraction of sp³-hybridized carbons (Fsp3) is 0.0870. The SMILES string of the molecule is COc1ccc2ncccc2c1-c1ccccc1-c1ccc(C)cc1. The van der Waals surface area contributed by atoms with Crippen molar-refractivity contribution in [1.29, 1.82) is 0 Å². The first-order valence-electron chi connectivity index (χ1n) is 8.36. The third-order valence-electron chi connectivity index (χ3n) is 4.53. The fourth-order valence-electron chi connectivity index (χ4n) is 3.27. The van der Waals surface area contributed by atoms with E-state index in [2.05, 4.69) is 66.5 Å². The van der Waals surface area contributed by atoms with Gasteiger partial charge in [0.15, 0.2) is 0 Å². The molecule has 122 valence electrons. The van der Waals surface area contributed by atoms with Gasteiger partial charge in [-0.1, -0.05) is 60.2 Å². The van der Waals surface area contributed by atoms with Crippen molar-refractivity contribution >= 4 is 10.9 Å². The molecule has 25 heavy (non-hydrogen) atoms. The van der Waals surface area contributed by atoms with E-state index in [0.717, 1.165) is 27.8 Å². The van der Waals surface area contributed by atoms with Crippen LogP contribution in [0.25, 0.3) is 33.2 Å². The first kappa shape index (κ1) is 15.4. The van der Waals surface area contributed by atoms with Gasteiger partial charge in [-0.25, -0.2) is 0 Å². The molecule has 0 aliphatic carbocycles. The Hall–Kier alpha value is -3.13. The summed E-state index contributed by atoms with van der Waals surface area (Å²) >= 11 is 0. The minimum absolute atomic E-state index is 0.861. The van der Waals surface area contributed by atoms with E-state index in [-0.39, 0.29) is 0 Å². The lowest BCUT2D eigenvalue weighted by Crippen LogP contribution is -1.93. The van der Waals surface area contributed by atoms with E-state index in [9.17, 15) is 0 Å². The van der Waals surface area contributed by atoms with Crippen molar-refractivity contribution < 1.29 is 4.74 Å². The maximum Gasteiger partial charge on any atom is 0.127 e. The summed E-state index contributed by atoms with van der Waals surface area (Å²) in [7, 11) is 1.72. The van der Waals surface area contributed by atoms with Gasteiger partial charge in [-0.2, -0.15) is 0 Å². The van der Waals surface area contributed by atoms with Crippen LogP contribution in [0.2, 0.25) is 0 Å². The van der Waals surface area contributed by atoms with Gasteiger partial charge in [0.25, 0.3) is 0 Å². The number of ether oxygens (including phenoxy) is 1. The number of aromatic nitrogens is 1. The Morgan fingerprint density at radius 1 is 0.760 bits per heavy atom. The zero-order chi connectivity index (χ0) is 17.2. The van der Waals surface area contributed by atoms with E-state index in [0.29, 0.717) is 0 Å². The van der Waals surface area contributed by atoms with Crippen LogP contribution in [-0.2, 0) is 0 Å². The van der Waals surface area contributed by atoms with Crippen molar-refractivity contribution in [2.75, 3.05) is 7.11 Å². The number of nitrogens with zero attached hydrogens (tertiary/aromatic N) is 1. The van der Waals surface area contributed by atoms with Gasteiger partial charge < -0.3 is 4.74 Å². The highest BCUT2D eigenvalue weighted by Gasteiger charge is 2.15. The van der Waals surface area contributed by atoms with Gasteiger partial charge in [-0.05, 0) is 41.8 Å². The molecule has 0 aliphatic rings. The summed E-state index contributed by atoms with van der Waals surface area (Å²) in [5, 5.41) is 1.10. The van der Waals surface area contributed by atoms with E-state index >= 15 is 0 Å². The normalized spacial score (nSPS) is 10.8. The lowest BCUT2D eigenvalue weighted by molar-refractivity contribution is 0.417. The van der Waals surface area contributed by atoms with Crippen molar-refractivity contribution in [3.05, 3.63) is 84.6 Å². The Balaban J connectivity index is 2.03. The van der Waals surface area contributed by atoms with E-state index in [1.54, 1.807) is 7.11 Å². The van der Waals surface area contributed by atoms with Gasteiger partial charge in [-0.3, -0.25) is 4.98 Å². The summed E-state index contributed by atoms with van der Waals surface area (Å²) in [6.45, 7) is 2.11. The Morgan fingerprint density at radius 3 is 2.28 bits per heavy atom. The van der Waals surface area contributed by atoms with Gasteiger partial charge in [0, 0.05) is 17.1 Å². The molecule has 0 radical (unpaired) electrons. The van der Waals surface area contributed by atoms with E-state index < -0.39 is 0 Å². The molecular formula is C23H19NO. The second kappa shape index (κ2) is 6.40. The van der Waals surface area contributed by atoms with E-state index in [4.69, 9.17) is 4.74 Å². The number of rotatable bonds is 3. The molecule has 4 rings (SSSR count). The van der Waals surface area contributed by atoms with E-state index in [1.807, 2.05) is 24.4 Å². The molecule has 0 aliphatic heterocycles. The van der Waals surface area contributed by atoms with Crippen LogP contribution in [0.5, 0.6) is 5.75 Å². The zero-order valence-electron chi connectivity index (χ0n) is 14.4. The van der Waals surface area contributed by atoms with Gasteiger partial charge in [0.05, 0.1) is 12.6 Å². The molecule has 2 nitrogen and oxygen atoms in total. The average molecular weight is 325 g/mol. The molecule has 0 saturated carbocycles. The largest absolute Gasteiger partial charge is 0.496 e. The van der Waals surface area contributed by atoms with E-state index in [1.165, 1.54) is 16.7 Å². The average Bonchev–Trinajstić information content (AvgIpc) is 2.68. The van der Waals surface area contributed by atoms with Crippen LogP contribution in [-0.4, -0.2) is 12.1 Å². The number of fused-ring (bicyclic) bond motifs is 1. The second-order valence-corrected chi connectivity index (χ2v) is 6.12. The summed E-state index contributed by atoms with van der Waals surface area (Å²) in [4.78, 5) is 4.50. The lowest BCUT2D eigenvalue weighted by atomic mass is 9.91. The number of hydrogen-bond acceptors (Lipinski definition) is 2. The maximum absolute atomic E-state index is 5.69. The highest BCUT2D eigenvalue weighted by Crippen LogP contribution is 2.41. The number of pyridine rings is 1. The molecule has 2 heteroatoms. The van der Waals surface area contributed by atoms with Gasteiger partial charge in [-0.15, -0.1) is 0 Å². The van der Waals surface area contributed by atoms with Crippen LogP contribution >= 0.6 is 0 Å². The second-order valence-electron chi connectivity index (χ2n) is 6.12.